The highest BCUT2D eigenvalue weighted by atomic mass is 35.5. The van der Waals surface area contributed by atoms with Crippen molar-refractivity contribution in [1.29, 1.82) is 0 Å². The Morgan fingerprint density at radius 1 is 1.16 bits per heavy atom. The zero-order chi connectivity index (χ0) is 22.4. The van der Waals surface area contributed by atoms with E-state index in [-0.39, 0.29) is 5.91 Å². The highest BCUT2D eigenvalue weighted by Crippen LogP contribution is 2.37. The molecule has 0 unspecified atom stereocenters. The summed E-state index contributed by atoms with van der Waals surface area (Å²) in [6, 6.07) is 11.2. The van der Waals surface area contributed by atoms with E-state index in [9.17, 15) is 4.79 Å². The summed E-state index contributed by atoms with van der Waals surface area (Å²) >= 11 is 6.43. The Hall–Kier alpha value is -2.44. The van der Waals surface area contributed by atoms with E-state index in [0.717, 1.165) is 44.1 Å². The lowest BCUT2D eigenvalue weighted by atomic mass is 10.1. The number of nitrogens with one attached hydrogen (secondary N) is 1. The normalized spacial score (nSPS) is 14.6. The lowest BCUT2D eigenvalue weighted by Crippen LogP contribution is -2.46. The maximum absolute atomic E-state index is 13.1. The molecule has 1 N–H and O–H groups in total. The van der Waals surface area contributed by atoms with Crippen molar-refractivity contribution in [3.8, 4) is 11.5 Å². The van der Waals surface area contributed by atoms with Gasteiger partial charge in [-0.3, -0.25) is 4.79 Å². The molecule has 7 heteroatoms. The lowest BCUT2D eigenvalue weighted by Gasteiger charge is -2.36. The third kappa shape index (κ3) is 5.83. The fraction of sp³-hybridized carbons (Fsp3) is 0.458. The van der Waals surface area contributed by atoms with E-state index < -0.39 is 0 Å². The number of ether oxygens (including phenoxy) is 2. The number of hydrogen-bond acceptors (Lipinski definition) is 5. The second kappa shape index (κ2) is 10.7. The Kier molecular flexibility index (Phi) is 8.04. The van der Waals surface area contributed by atoms with Gasteiger partial charge in [-0.2, -0.15) is 0 Å². The summed E-state index contributed by atoms with van der Waals surface area (Å²) in [5.74, 6) is 1.01. The maximum Gasteiger partial charge on any atom is 0.255 e. The van der Waals surface area contributed by atoms with Gasteiger partial charge >= 0.3 is 0 Å². The summed E-state index contributed by atoms with van der Waals surface area (Å²) in [6.45, 7) is 11.8. The first-order chi connectivity index (χ1) is 14.9. The molecule has 1 aliphatic heterocycles. The Morgan fingerprint density at radius 3 is 2.52 bits per heavy atom. The van der Waals surface area contributed by atoms with Crippen LogP contribution < -0.4 is 19.7 Å². The molecule has 0 aliphatic carbocycles. The molecule has 0 saturated carbocycles. The summed E-state index contributed by atoms with van der Waals surface area (Å²) in [7, 11) is 1.54. The molecule has 0 aromatic heterocycles. The minimum absolute atomic E-state index is 0.241. The Balaban J connectivity index is 1.78. The molecular formula is C24H32ClN3O3. The first-order valence-corrected chi connectivity index (χ1v) is 11.2. The van der Waals surface area contributed by atoms with Crippen molar-refractivity contribution in [1.82, 2.24) is 4.90 Å². The summed E-state index contributed by atoms with van der Waals surface area (Å²) < 4.78 is 11.2. The number of para-hydroxylation sites is 2. The number of rotatable bonds is 8. The van der Waals surface area contributed by atoms with E-state index in [2.05, 4.69) is 35.9 Å². The molecule has 6 nitrogen and oxygen atoms in total. The first kappa shape index (κ1) is 23.2. The number of halogens is 1. The molecule has 2 aromatic rings. The molecule has 1 heterocycles. The Morgan fingerprint density at radius 2 is 1.87 bits per heavy atom. The van der Waals surface area contributed by atoms with Gasteiger partial charge in [-0.25, -0.2) is 0 Å². The SMILES string of the molecule is CCN1CCN(c2ccccc2NC(=O)c2cc(Cl)c(OCC(C)C)c(OC)c2)CC1. The molecule has 0 atom stereocenters. The van der Waals surface area contributed by atoms with Crippen LogP contribution in [0.25, 0.3) is 0 Å². The smallest absolute Gasteiger partial charge is 0.255 e. The number of piperazine rings is 1. The van der Waals surface area contributed by atoms with Gasteiger partial charge in [0.05, 0.1) is 30.1 Å². The van der Waals surface area contributed by atoms with Gasteiger partial charge in [-0.15, -0.1) is 0 Å². The third-order valence-corrected chi connectivity index (χ3v) is 5.65. The van der Waals surface area contributed by atoms with Gasteiger partial charge in [-0.05, 0) is 36.7 Å². The van der Waals surface area contributed by atoms with E-state index in [1.165, 1.54) is 0 Å². The highest BCUT2D eigenvalue weighted by molar-refractivity contribution is 6.32. The molecule has 1 amide bonds. The Labute approximate surface area is 190 Å². The van der Waals surface area contributed by atoms with Gasteiger partial charge in [0.25, 0.3) is 5.91 Å². The summed E-state index contributed by atoms with van der Waals surface area (Å²) in [4.78, 5) is 17.8. The zero-order valence-corrected chi connectivity index (χ0v) is 19.5. The molecule has 0 bridgehead atoms. The fourth-order valence-corrected chi connectivity index (χ4v) is 3.86. The number of amides is 1. The van der Waals surface area contributed by atoms with Crippen LogP contribution in [0.3, 0.4) is 0 Å². The molecule has 0 spiro atoms. The standard InChI is InChI=1S/C24H32ClN3O3/c1-5-27-10-12-28(13-11-27)21-9-7-6-8-20(21)26-24(29)18-14-19(25)23(22(15-18)30-4)31-16-17(2)3/h6-9,14-15,17H,5,10-13,16H2,1-4H3,(H,26,29). The van der Waals surface area contributed by atoms with Crippen molar-refractivity contribution >= 4 is 28.9 Å². The minimum Gasteiger partial charge on any atom is -0.493 e. The van der Waals surface area contributed by atoms with Crippen LogP contribution in [0, 0.1) is 5.92 Å². The van der Waals surface area contributed by atoms with Crippen LogP contribution in [0.4, 0.5) is 11.4 Å². The van der Waals surface area contributed by atoms with Gasteiger partial charge in [0.2, 0.25) is 0 Å². The highest BCUT2D eigenvalue weighted by Gasteiger charge is 2.21. The van der Waals surface area contributed by atoms with Crippen molar-refractivity contribution < 1.29 is 14.3 Å². The van der Waals surface area contributed by atoms with E-state index in [1.54, 1.807) is 19.2 Å². The summed E-state index contributed by atoms with van der Waals surface area (Å²) in [6.07, 6.45) is 0. The van der Waals surface area contributed by atoms with Crippen LogP contribution >= 0.6 is 11.6 Å². The fourth-order valence-electron chi connectivity index (χ4n) is 3.60. The molecule has 2 aromatic carbocycles. The van der Waals surface area contributed by atoms with E-state index >= 15 is 0 Å². The quantitative estimate of drug-likeness (QED) is 0.633. The molecule has 168 valence electrons. The topological polar surface area (TPSA) is 54.0 Å². The average molecular weight is 446 g/mol. The van der Waals surface area contributed by atoms with Crippen molar-refractivity contribution in [2.45, 2.75) is 20.8 Å². The number of benzene rings is 2. The number of likely N-dealkylation sites (N-methyl/N-ethyl adjacent to an activating group) is 1. The number of methoxy groups -OCH3 is 1. The van der Waals surface area contributed by atoms with Crippen LogP contribution in [-0.2, 0) is 0 Å². The average Bonchev–Trinajstić information content (AvgIpc) is 2.78. The maximum atomic E-state index is 13.1. The first-order valence-electron chi connectivity index (χ1n) is 10.8. The van der Waals surface area contributed by atoms with Crippen molar-refractivity contribution in [3.05, 3.63) is 47.0 Å². The number of carbonyl (C=O) groups is 1. The van der Waals surface area contributed by atoms with Crippen LogP contribution in [0.1, 0.15) is 31.1 Å². The zero-order valence-electron chi connectivity index (χ0n) is 18.8. The lowest BCUT2D eigenvalue weighted by molar-refractivity contribution is 0.102. The summed E-state index contributed by atoms with van der Waals surface area (Å²) in [5.41, 5.74) is 2.23. The second-order valence-corrected chi connectivity index (χ2v) is 8.49. The van der Waals surface area contributed by atoms with Crippen molar-refractivity contribution in [3.63, 3.8) is 0 Å². The number of hydrogen-bond donors (Lipinski definition) is 1. The predicted octanol–water partition coefficient (Wildman–Crippen LogP) is 4.78. The van der Waals surface area contributed by atoms with Crippen LogP contribution in [0.5, 0.6) is 11.5 Å². The van der Waals surface area contributed by atoms with Gasteiger partial charge in [0.1, 0.15) is 0 Å². The van der Waals surface area contributed by atoms with Gasteiger partial charge in [0, 0.05) is 31.7 Å². The largest absolute Gasteiger partial charge is 0.493 e. The van der Waals surface area contributed by atoms with E-state index in [1.807, 2.05) is 24.3 Å². The monoisotopic (exact) mass is 445 g/mol. The van der Waals surface area contributed by atoms with Gasteiger partial charge < -0.3 is 24.6 Å². The molecule has 1 fully saturated rings. The number of nitrogens with zero attached hydrogens (tertiary/aromatic N) is 2. The molecule has 0 radical (unpaired) electrons. The molecule has 3 rings (SSSR count). The second-order valence-electron chi connectivity index (χ2n) is 8.09. The van der Waals surface area contributed by atoms with Crippen LogP contribution in [0.15, 0.2) is 36.4 Å². The molecule has 1 aliphatic rings. The number of anilines is 2. The minimum atomic E-state index is -0.241. The van der Waals surface area contributed by atoms with Crippen LogP contribution in [-0.4, -0.2) is 57.2 Å². The van der Waals surface area contributed by atoms with Gasteiger partial charge in [-0.1, -0.05) is 44.5 Å². The molecule has 31 heavy (non-hydrogen) atoms. The van der Waals surface area contributed by atoms with Gasteiger partial charge in [0.15, 0.2) is 11.5 Å². The Bertz CT molecular complexity index is 896. The summed E-state index contributed by atoms with van der Waals surface area (Å²) in [5, 5.41) is 3.40. The van der Waals surface area contributed by atoms with E-state index in [0.29, 0.717) is 34.6 Å². The van der Waals surface area contributed by atoms with Crippen LogP contribution in [0.2, 0.25) is 5.02 Å². The van der Waals surface area contributed by atoms with Crippen molar-refractivity contribution in [2.75, 3.05) is 56.7 Å². The third-order valence-electron chi connectivity index (χ3n) is 5.37. The van der Waals surface area contributed by atoms with Crippen molar-refractivity contribution in [2.24, 2.45) is 5.92 Å². The van der Waals surface area contributed by atoms with E-state index in [4.69, 9.17) is 21.1 Å². The molecule has 1 saturated heterocycles. The number of carbonyl (C=O) groups excluding carboxylic acids is 1. The predicted molar refractivity (Wildman–Crippen MR) is 127 cm³/mol. The molecular weight excluding hydrogens is 414 g/mol.